The lowest BCUT2D eigenvalue weighted by atomic mass is 9.96. The number of guanidine groups is 1. The number of amides is 2. The quantitative estimate of drug-likeness (QED) is 0.829. The second kappa shape index (κ2) is 5.62. The van der Waals surface area contributed by atoms with Crippen LogP contribution in [0.25, 0.3) is 0 Å². The normalized spacial score (nSPS) is 18.1. The van der Waals surface area contributed by atoms with Gasteiger partial charge in [0.2, 0.25) is 17.8 Å². The van der Waals surface area contributed by atoms with Gasteiger partial charge in [-0.25, -0.2) is 4.99 Å². The Balaban J connectivity index is 1.74. The first-order chi connectivity index (χ1) is 10.2. The van der Waals surface area contributed by atoms with Crippen molar-refractivity contribution in [2.24, 2.45) is 4.99 Å². The zero-order valence-electron chi connectivity index (χ0n) is 11.1. The van der Waals surface area contributed by atoms with E-state index >= 15 is 0 Å². The van der Waals surface area contributed by atoms with Gasteiger partial charge >= 0.3 is 0 Å². The van der Waals surface area contributed by atoms with Crippen LogP contribution in [0, 0.1) is 0 Å². The number of carbonyl (C=O) groups is 2. The molecule has 0 unspecified atom stereocenters. The fourth-order valence-electron chi connectivity index (χ4n) is 2.11. The summed E-state index contributed by atoms with van der Waals surface area (Å²) >= 11 is 0. The summed E-state index contributed by atoms with van der Waals surface area (Å²) in [5.74, 6) is -0.829. The van der Waals surface area contributed by atoms with Crippen LogP contribution in [0.1, 0.15) is 17.2 Å². The van der Waals surface area contributed by atoms with E-state index in [-0.39, 0.29) is 24.3 Å². The Bertz CT molecular complexity index is 657. The van der Waals surface area contributed by atoms with Crippen molar-refractivity contribution in [2.45, 2.75) is 12.5 Å². The lowest BCUT2D eigenvalue weighted by Crippen LogP contribution is -2.55. The van der Waals surface area contributed by atoms with Gasteiger partial charge in [-0.2, -0.15) is 0 Å². The molecule has 2 N–H and O–H groups in total. The fraction of sp³-hybridized carbons (Fsp3) is 0.133. The third-order valence-corrected chi connectivity index (χ3v) is 3.11. The molecule has 1 saturated heterocycles. The monoisotopic (exact) mass is 283 g/mol. The van der Waals surface area contributed by atoms with Gasteiger partial charge in [0, 0.05) is 0 Å². The van der Waals surface area contributed by atoms with Crippen LogP contribution >= 0.6 is 0 Å². The zero-order valence-corrected chi connectivity index (χ0v) is 11.1. The minimum atomic E-state index is -0.853. The van der Waals surface area contributed by atoms with Crippen LogP contribution in [-0.2, 0) is 16.1 Å². The van der Waals surface area contributed by atoms with Crippen molar-refractivity contribution >= 4 is 17.8 Å². The molecule has 2 aromatic rings. The first-order valence-electron chi connectivity index (χ1n) is 6.47. The highest BCUT2D eigenvalue weighted by molar-refractivity contribution is 6.20. The maximum absolute atomic E-state index is 12.1. The Kier molecular flexibility index (Phi) is 3.51. The first kappa shape index (κ1) is 13.1. The molecule has 0 radical (unpaired) electrons. The Morgan fingerprint density at radius 1 is 1.00 bits per heavy atom. The van der Waals surface area contributed by atoms with Crippen molar-refractivity contribution in [3.63, 3.8) is 0 Å². The summed E-state index contributed by atoms with van der Waals surface area (Å²) in [7, 11) is 0. The van der Waals surface area contributed by atoms with Crippen LogP contribution in [0.4, 0.5) is 0 Å². The average molecular weight is 283 g/mol. The molecule has 2 amide bonds. The van der Waals surface area contributed by atoms with Gasteiger partial charge in [-0.3, -0.25) is 20.2 Å². The molecule has 6 heteroatoms. The second-order valence-corrected chi connectivity index (χ2v) is 4.57. The van der Waals surface area contributed by atoms with E-state index in [2.05, 4.69) is 15.6 Å². The summed E-state index contributed by atoms with van der Waals surface area (Å²) in [4.78, 5) is 28.3. The minimum absolute atomic E-state index is 0.147. The maximum Gasteiger partial charge on any atom is 0.243 e. The van der Waals surface area contributed by atoms with Crippen LogP contribution in [-0.4, -0.2) is 17.8 Å². The number of furan rings is 1. The lowest BCUT2D eigenvalue weighted by Gasteiger charge is -2.23. The smallest absolute Gasteiger partial charge is 0.243 e. The number of rotatable bonds is 3. The molecule has 106 valence electrons. The molecular formula is C15H13N3O3. The average Bonchev–Trinajstić information content (AvgIpc) is 2.99. The molecule has 1 fully saturated rings. The Labute approximate surface area is 120 Å². The van der Waals surface area contributed by atoms with Crippen molar-refractivity contribution < 1.29 is 14.0 Å². The van der Waals surface area contributed by atoms with E-state index in [1.807, 2.05) is 6.07 Å². The largest absolute Gasteiger partial charge is 0.467 e. The molecular weight excluding hydrogens is 270 g/mol. The topological polar surface area (TPSA) is 83.7 Å². The highest BCUT2D eigenvalue weighted by Gasteiger charge is 2.34. The highest BCUT2D eigenvalue weighted by Crippen LogP contribution is 2.18. The van der Waals surface area contributed by atoms with Gasteiger partial charge in [-0.1, -0.05) is 30.3 Å². The molecule has 0 saturated carbocycles. The van der Waals surface area contributed by atoms with Crippen molar-refractivity contribution in [1.29, 1.82) is 0 Å². The van der Waals surface area contributed by atoms with Gasteiger partial charge < -0.3 is 4.42 Å². The van der Waals surface area contributed by atoms with Gasteiger partial charge in [0.1, 0.15) is 18.2 Å². The van der Waals surface area contributed by atoms with Gasteiger partial charge in [0.15, 0.2) is 0 Å². The molecule has 1 aliphatic rings. The van der Waals surface area contributed by atoms with Crippen LogP contribution < -0.4 is 10.6 Å². The van der Waals surface area contributed by atoms with Gasteiger partial charge in [-0.15, -0.1) is 0 Å². The van der Waals surface area contributed by atoms with E-state index in [9.17, 15) is 9.59 Å². The Hall–Kier alpha value is -2.89. The van der Waals surface area contributed by atoms with Crippen LogP contribution in [0.5, 0.6) is 0 Å². The van der Waals surface area contributed by atoms with Crippen molar-refractivity contribution in [2.75, 3.05) is 0 Å². The number of nitrogens with zero attached hydrogens (tertiary/aromatic N) is 1. The summed E-state index contributed by atoms with van der Waals surface area (Å²) < 4.78 is 5.14. The standard InChI is InChI=1S/C15H13N3O3/c19-13-12(10-5-2-1-3-6-10)14(20)18-15(17-13)16-9-11-7-4-8-21-11/h1-8,12H,9H2,(H2,16,17,18,19,20). The molecule has 0 aliphatic carbocycles. The van der Waals surface area contributed by atoms with Crippen molar-refractivity contribution in [1.82, 2.24) is 10.6 Å². The first-order valence-corrected chi connectivity index (χ1v) is 6.47. The van der Waals surface area contributed by atoms with Crippen molar-refractivity contribution in [3.8, 4) is 0 Å². The second-order valence-electron chi connectivity index (χ2n) is 4.57. The molecule has 1 aliphatic heterocycles. The van der Waals surface area contributed by atoms with E-state index < -0.39 is 5.92 Å². The molecule has 2 heterocycles. The third-order valence-electron chi connectivity index (χ3n) is 3.11. The predicted molar refractivity (Wildman–Crippen MR) is 75.3 cm³/mol. The summed E-state index contributed by atoms with van der Waals surface area (Å²) in [5.41, 5.74) is 0.651. The summed E-state index contributed by atoms with van der Waals surface area (Å²) in [6, 6.07) is 12.4. The minimum Gasteiger partial charge on any atom is -0.467 e. The number of hydrogen-bond acceptors (Lipinski definition) is 4. The maximum atomic E-state index is 12.1. The molecule has 0 atom stereocenters. The van der Waals surface area contributed by atoms with E-state index in [4.69, 9.17) is 4.42 Å². The molecule has 6 nitrogen and oxygen atoms in total. The van der Waals surface area contributed by atoms with Crippen LogP contribution in [0.15, 0.2) is 58.1 Å². The van der Waals surface area contributed by atoms with Crippen LogP contribution in [0.2, 0.25) is 0 Å². The summed E-state index contributed by atoms with van der Waals surface area (Å²) in [6.45, 7) is 0.249. The number of nitrogens with one attached hydrogen (secondary N) is 2. The molecule has 0 spiro atoms. The van der Waals surface area contributed by atoms with Gasteiger partial charge in [0.25, 0.3) is 0 Å². The predicted octanol–water partition coefficient (Wildman–Crippen LogP) is 1.17. The number of hydrogen-bond donors (Lipinski definition) is 2. The van der Waals surface area contributed by atoms with E-state index in [0.29, 0.717) is 11.3 Å². The number of aliphatic imine (C=N–C) groups is 1. The number of benzene rings is 1. The van der Waals surface area contributed by atoms with Crippen LogP contribution in [0.3, 0.4) is 0 Å². The third kappa shape index (κ3) is 2.84. The van der Waals surface area contributed by atoms with Gasteiger partial charge in [0.05, 0.1) is 6.26 Å². The molecule has 1 aromatic carbocycles. The summed E-state index contributed by atoms with van der Waals surface area (Å²) in [6.07, 6.45) is 1.54. The molecule has 0 bridgehead atoms. The Morgan fingerprint density at radius 2 is 1.71 bits per heavy atom. The van der Waals surface area contributed by atoms with Crippen molar-refractivity contribution in [3.05, 3.63) is 60.1 Å². The fourth-order valence-corrected chi connectivity index (χ4v) is 2.11. The van der Waals surface area contributed by atoms with E-state index in [1.165, 1.54) is 0 Å². The Morgan fingerprint density at radius 3 is 2.33 bits per heavy atom. The zero-order chi connectivity index (χ0) is 14.7. The SMILES string of the molecule is O=C1NC(=NCc2ccco2)NC(=O)C1c1ccccc1. The number of carbonyl (C=O) groups excluding carboxylic acids is 2. The van der Waals surface area contributed by atoms with E-state index in [0.717, 1.165) is 0 Å². The highest BCUT2D eigenvalue weighted by atomic mass is 16.3. The van der Waals surface area contributed by atoms with E-state index in [1.54, 1.807) is 42.7 Å². The molecule has 21 heavy (non-hydrogen) atoms. The summed E-state index contributed by atoms with van der Waals surface area (Å²) in [5, 5.41) is 5.19. The lowest BCUT2D eigenvalue weighted by molar-refractivity contribution is -0.131. The molecule has 3 rings (SSSR count). The molecule has 1 aromatic heterocycles. The van der Waals surface area contributed by atoms with Gasteiger partial charge in [-0.05, 0) is 17.7 Å².